The zero-order chi connectivity index (χ0) is 20.8. The fraction of sp³-hybridized carbons (Fsp3) is 0.727. The second-order valence-electron chi connectivity index (χ2n) is 8.88. The van der Waals surface area contributed by atoms with Gasteiger partial charge in [0.2, 0.25) is 11.8 Å². The van der Waals surface area contributed by atoms with Crippen LogP contribution in [0.5, 0.6) is 0 Å². The fourth-order valence-electron chi connectivity index (χ4n) is 3.95. The summed E-state index contributed by atoms with van der Waals surface area (Å²) in [5, 5.41) is 7.46. The highest BCUT2D eigenvalue weighted by Gasteiger charge is 2.28. The molecule has 2 amide bonds. The van der Waals surface area contributed by atoms with E-state index in [1.54, 1.807) is 11.3 Å². The van der Waals surface area contributed by atoms with Crippen molar-refractivity contribution in [1.82, 2.24) is 20.0 Å². The summed E-state index contributed by atoms with van der Waals surface area (Å²) < 4.78 is 0. The molecule has 0 aliphatic carbocycles. The molecule has 1 atom stereocenters. The highest BCUT2D eigenvalue weighted by Crippen LogP contribution is 2.18. The van der Waals surface area contributed by atoms with E-state index >= 15 is 0 Å². The summed E-state index contributed by atoms with van der Waals surface area (Å²) in [5.74, 6) is 0.945. The first kappa shape index (κ1) is 22.2. The Hall–Kier alpha value is -1.44. The van der Waals surface area contributed by atoms with Gasteiger partial charge in [-0.05, 0) is 61.2 Å². The summed E-state index contributed by atoms with van der Waals surface area (Å²) in [6.07, 6.45) is 1.69. The molecule has 29 heavy (non-hydrogen) atoms. The first-order valence-electron chi connectivity index (χ1n) is 11.0. The van der Waals surface area contributed by atoms with Crippen LogP contribution in [0.4, 0.5) is 0 Å². The summed E-state index contributed by atoms with van der Waals surface area (Å²) in [4.78, 5) is 31.8. The second-order valence-corrected chi connectivity index (χ2v) is 9.66. The van der Waals surface area contributed by atoms with Gasteiger partial charge in [-0.1, -0.05) is 13.8 Å². The first-order chi connectivity index (χ1) is 13.9. The van der Waals surface area contributed by atoms with E-state index in [0.29, 0.717) is 12.5 Å². The van der Waals surface area contributed by atoms with Crippen LogP contribution >= 0.6 is 11.3 Å². The fourth-order valence-corrected chi connectivity index (χ4v) is 4.61. The van der Waals surface area contributed by atoms with E-state index in [1.807, 2.05) is 4.90 Å². The molecule has 2 fully saturated rings. The number of rotatable bonds is 7. The SMILES string of the molecule is CC(C)C(C)NC(=O)C1CCN(CC(=O)N2CCN(Cc3ccsc3)CC2)CC1. The molecule has 2 aliphatic rings. The van der Waals surface area contributed by atoms with Crippen LogP contribution < -0.4 is 5.32 Å². The van der Waals surface area contributed by atoms with Gasteiger partial charge in [0.1, 0.15) is 0 Å². The molecule has 0 bridgehead atoms. The molecule has 3 heterocycles. The molecule has 7 heteroatoms. The average molecular weight is 421 g/mol. The molecule has 0 aromatic carbocycles. The van der Waals surface area contributed by atoms with E-state index < -0.39 is 0 Å². The number of nitrogens with zero attached hydrogens (tertiary/aromatic N) is 3. The quantitative estimate of drug-likeness (QED) is 0.735. The van der Waals surface area contributed by atoms with Gasteiger partial charge in [-0.2, -0.15) is 11.3 Å². The van der Waals surface area contributed by atoms with Gasteiger partial charge in [-0.25, -0.2) is 0 Å². The Balaban J connectivity index is 1.35. The van der Waals surface area contributed by atoms with Crippen LogP contribution in [-0.2, 0) is 16.1 Å². The molecule has 1 aromatic heterocycles. The number of nitrogens with one attached hydrogen (secondary N) is 1. The Kier molecular flexibility index (Phi) is 8.09. The van der Waals surface area contributed by atoms with E-state index in [0.717, 1.165) is 58.7 Å². The summed E-state index contributed by atoms with van der Waals surface area (Å²) in [6.45, 7) is 13.0. The van der Waals surface area contributed by atoms with Gasteiger partial charge in [0.25, 0.3) is 0 Å². The van der Waals surface area contributed by atoms with Crippen molar-refractivity contribution in [3.8, 4) is 0 Å². The predicted molar refractivity (Wildman–Crippen MR) is 118 cm³/mol. The van der Waals surface area contributed by atoms with E-state index in [4.69, 9.17) is 0 Å². The summed E-state index contributed by atoms with van der Waals surface area (Å²) in [6, 6.07) is 2.38. The lowest BCUT2D eigenvalue weighted by molar-refractivity contribution is -0.134. The average Bonchev–Trinajstić information content (AvgIpc) is 3.22. The van der Waals surface area contributed by atoms with Crippen molar-refractivity contribution >= 4 is 23.2 Å². The first-order valence-corrected chi connectivity index (χ1v) is 11.9. The van der Waals surface area contributed by atoms with E-state index in [1.165, 1.54) is 5.56 Å². The van der Waals surface area contributed by atoms with Crippen molar-refractivity contribution in [1.29, 1.82) is 0 Å². The van der Waals surface area contributed by atoms with E-state index in [2.05, 4.69) is 52.7 Å². The van der Waals surface area contributed by atoms with E-state index in [9.17, 15) is 9.59 Å². The Bertz CT molecular complexity index is 648. The summed E-state index contributed by atoms with van der Waals surface area (Å²) in [7, 11) is 0. The van der Waals surface area contributed by atoms with Crippen molar-refractivity contribution in [2.24, 2.45) is 11.8 Å². The molecule has 6 nitrogen and oxygen atoms in total. The number of piperidine rings is 1. The topological polar surface area (TPSA) is 55.9 Å². The predicted octanol–water partition coefficient (Wildman–Crippen LogP) is 2.27. The smallest absolute Gasteiger partial charge is 0.236 e. The number of carbonyl (C=O) groups is 2. The minimum absolute atomic E-state index is 0.0863. The van der Waals surface area contributed by atoms with Crippen molar-refractivity contribution in [2.75, 3.05) is 45.8 Å². The van der Waals surface area contributed by atoms with Crippen LogP contribution in [0.3, 0.4) is 0 Å². The number of amides is 2. The molecule has 162 valence electrons. The van der Waals surface area contributed by atoms with Gasteiger partial charge < -0.3 is 10.2 Å². The van der Waals surface area contributed by atoms with Crippen LogP contribution in [0, 0.1) is 11.8 Å². The van der Waals surface area contributed by atoms with Crippen molar-refractivity contribution < 1.29 is 9.59 Å². The third-order valence-electron chi connectivity index (χ3n) is 6.40. The van der Waals surface area contributed by atoms with Gasteiger partial charge in [0, 0.05) is 44.7 Å². The third-order valence-corrected chi connectivity index (χ3v) is 7.13. The van der Waals surface area contributed by atoms with Gasteiger partial charge in [0.15, 0.2) is 0 Å². The van der Waals surface area contributed by atoms with Crippen LogP contribution in [-0.4, -0.2) is 78.4 Å². The van der Waals surface area contributed by atoms with Gasteiger partial charge in [0.05, 0.1) is 6.54 Å². The zero-order valence-corrected chi connectivity index (χ0v) is 18.9. The van der Waals surface area contributed by atoms with Crippen molar-refractivity contribution in [3.63, 3.8) is 0 Å². The van der Waals surface area contributed by atoms with Gasteiger partial charge >= 0.3 is 0 Å². The van der Waals surface area contributed by atoms with Crippen LogP contribution in [0.1, 0.15) is 39.2 Å². The number of piperazine rings is 1. The Labute approximate surface area is 179 Å². The van der Waals surface area contributed by atoms with Crippen molar-refractivity contribution in [3.05, 3.63) is 22.4 Å². The highest BCUT2D eigenvalue weighted by molar-refractivity contribution is 7.07. The summed E-state index contributed by atoms with van der Waals surface area (Å²) in [5.41, 5.74) is 1.37. The molecule has 1 unspecified atom stereocenters. The molecule has 0 spiro atoms. The lowest BCUT2D eigenvalue weighted by atomic mass is 9.95. The molecule has 3 rings (SSSR count). The molecule has 1 N–H and O–H groups in total. The minimum atomic E-state index is 0.0863. The molecule has 0 saturated carbocycles. The van der Waals surface area contributed by atoms with Gasteiger partial charge in [-0.3, -0.25) is 19.4 Å². The van der Waals surface area contributed by atoms with Crippen LogP contribution in [0.25, 0.3) is 0 Å². The number of hydrogen-bond acceptors (Lipinski definition) is 5. The molecular formula is C22H36N4O2S. The Morgan fingerprint density at radius 1 is 1.07 bits per heavy atom. The lowest BCUT2D eigenvalue weighted by Crippen LogP contribution is -2.52. The molecule has 2 aliphatic heterocycles. The van der Waals surface area contributed by atoms with Crippen molar-refractivity contribution in [2.45, 2.75) is 46.2 Å². The maximum atomic E-state index is 12.7. The highest BCUT2D eigenvalue weighted by atomic mass is 32.1. The second kappa shape index (κ2) is 10.5. The Morgan fingerprint density at radius 2 is 1.76 bits per heavy atom. The van der Waals surface area contributed by atoms with Crippen LogP contribution in [0.2, 0.25) is 0 Å². The maximum absolute atomic E-state index is 12.7. The minimum Gasteiger partial charge on any atom is -0.353 e. The molecular weight excluding hydrogens is 384 g/mol. The monoisotopic (exact) mass is 420 g/mol. The summed E-state index contributed by atoms with van der Waals surface area (Å²) >= 11 is 1.74. The van der Waals surface area contributed by atoms with E-state index in [-0.39, 0.29) is 23.8 Å². The molecule has 1 aromatic rings. The molecule has 2 saturated heterocycles. The number of thiophene rings is 1. The maximum Gasteiger partial charge on any atom is 0.236 e. The number of carbonyl (C=O) groups excluding carboxylic acids is 2. The van der Waals surface area contributed by atoms with Crippen LogP contribution in [0.15, 0.2) is 16.8 Å². The molecule has 0 radical (unpaired) electrons. The van der Waals surface area contributed by atoms with Gasteiger partial charge in [-0.15, -0.1) is 0 Å². The third kappa shape index (κ3) is 6.52. The number of likely N-dealkylation sites (tertiary alicyclic amines) is 1. The lowest BCUT2D eigenvalue weighted by Gasteiger charge is -2.37. The largest absolute Gasteiger partial charge is 0.353 e. The normalized spacial score (nSPS) is 20.8. The Morgan fingerprint density at radius 3 is 2.34 bits per heavy atom. The standard InChI is InChI=1S/C22H36N4O2S/c1-17(2)18(3)23-22(28)20-4-7-24(8-5-20)15-21(27)26-11-9-25(10-12-26)14-19-6-13-29-16-19/h6,13,16-18,20H,4-5,7-12,14-15H2,1-3H3,(H,23,28). The number of hydrogen-bond donors (Lipinski definition) is 1. The zero-order valence-electron chi connectivity index (χ0n) is 18.1.